The molecule has 0 aliphatic carbocycles. The summed E-state index contributed by atoms with van der Waals surface area (Å²) < 4.78 is 29.1. The maximum Gasteiger partial charge on any atom is 0.308 e. The van der Waals surface area contributed by atoms with Crippen LogP contribution in [0.5, 0.6) is 0 Å². The summed E-state index contributed by atoms with van der Waals surface area (Å²) in [6, 6.07) is 2.82. The van der Waals surface area contributed by atoms with Crippen LogP contribution in [0.1, 0.15) is 29.7 Å². The minimum atomic E-state index is -2.50. The molecule has 1 heterocycles. The molecule has 0 fully saturated rings. The van der Waals surface area contributed by atoms with Crippen molar-refractivity contribution in [1.29, 1.82) is 0 Å². The molecule has 1 amide bonds. The minimum Gasteiger partial charge on any atom is -0.481 e. The first kappa shape index (κ1) is 16.5. The van der Waals surface area contributed by atoms with Crippen LogP contribution in [0.15, 0.2) is 16.5 Å². The number of alkyl halides is 2. The van der Waals surface area contributed by atoms with Crippen LogP contribution in [-0.4, -0.2) is 29.3 Å². The molecule has 0 aliphatic heterocycles. The second-order valence-corrected chi connectivity index (χ2v) is 4.97. The Morgan fingerprint density at radius 3 is 2.70 bits per heavy atom. The molecular weight excluding hydrogens is 292 g/mol. The quantitative estimate of drug-likeness (QED) is 0.771. The van der Waals surface area contributed by atoms with E-state index in [1.54, 1.807) is 6.92 Å². The van der Waals surface area contributed by atoms with Gasteiger partial charge in [0.25, 0.3) is 11.7 Å². The molecule has 0 saturated heterocycles. The van der Waals surface area contributed by atoms with E-state index in [0.717, 1.165) is 0 Å². The minimum absolute atomic E-state index is 0.00746. The monoisotopic (exact) mass is 307 g/mol. The number of carboxylic acid groups (broad SMARTS) is 1. The van der Waals surface area contributed by atoms with Gasteiger partial charge in [-0.15, -0.1) is 0 Å². The van der Waals surface area contributed by atoms with Gasteiger partial charge in [0.15, 0.2) is 5.76 Å². The topological polar surface area (TPSA) is 79.5 Å². The lowest BCUT2D eigenvalue weighted by Gasteiger charge is -2.09. The number of carbonyl (C=O) groups excluding carboxylic acids is 1. The van der Waals surface area contributed by atoms with Crippen LogP contribution in [-0.2, 0) is 10.5 Å². The SMILES string of the molecule is CCC(CNC(=O)c1ccc(CSC(F)F)o1)C(=O)O. The molecule has 1 atom stereocenters. The van der Waals surface area contributed by atoms with Gasteiger partial charge in [-0.3, -0.25) is 9.59 Å². The summed E-state index contributed by atoms with van der Waals surface area (Å²) in [7, 11) is 0. The lowest BCUT2D eigenvalue weighted by Crippen LogP contribution is -2.32. The number of halogens is 2. The van der Waals surface area contributed by atoms with E-state index in [4.69, 9.17) is 9.52 Å². The summed E-state index contributed by atoms with van der Waals surface area (Å²) in [5, 5.41) is 11.3. The van der Waals surface area contributed by atoms with E-state index in [0.29, 0.717) is 18.2 Å². The Hall–Kier alpha value is -1.57. The Bertz CT molecular complexity index is 464. The van der Waals surface area contributed by atoms with Crippen molar-refractivity contribution < 1.29 is 27.9 Å². The molecule has 112 valence electrons. The van der Waals surface area contributed by atoms with Gasteiger partial charge in [-0.2, -0.15) is 8.78 Å². The van der Waals surface area contributed by atoms with Crippen LogP contribution in [0.2, 0.25) is 0 Å². The Morgan fingerprint density at radius 1 is 1.45 bits per heavy atom. The molecule has 20 heavy (non-hydrogen) atoms. The summed E-state index contributed by atoms with van der Waals surface area (Å²) in [6.45, 7) is 1.70. The summed E-state index contributed by atoms with van der Waals surface area (Å²) >= 11 is 0.399. The first-order valence-electron chi connectivity index (χ1n) is 5.93. The molecule has 1 aromatic heterocycles. The zero-order valence-corrected chi connectivity index (χ0v) is 11.6. The zero-order chi connectivity index (χ0) is 15.1. The molecule has 0 spiro atoms. The second-order valence-electron chi connectivity index (χ2n) is 3.99. The van der Waals surface area contributed by atoms with E-state index in [2.05, 4.69) is 5.32 Å². The smallest absolute Gasteiger partial charge is 0.308 e. The predicted molar refractivity (Wildman–Crippen MR) is 69.8 cm³/mol. The number of aliphatic carboxylic acids is 1. The standard InChI is InChI=1S/C12H15F2NO4S/c1-2-7(11(17)18)5-15-10(16)9-4-3-8(19-9)6-20-12(13)14/h3-4,7,12H,2,5-6H2,1H3,(H,15,16)(H,17,18). The van der Waals surface area contributed by atoms with Gasteiger partial charge in [-0.05, 0) is 18.6 Å². The molecule has 0 saturated carbocycles. The third-order valence-corrected chi connectivity index (χ3v) is 3.29. The van der Waals surface area contributed by atoms with Crippen molar-refractivity contribution in [3.63, 3.8) is 0 Å². The van der Waals surface area contributed by atoms with Crippen molar-refractivity contribution >= 4 is 23.6 Å². The Morgan fingerprint density at radius 2 is 2.15 bits per heavy atom. The van der Waals surface area contributed by atoms with E-state index >= 15 is 0 Å². The van der Waals surface area contributed by atoms with Gasteiger partial charge >= 0.3 is 5.97 Å². The van der Waals surface area contributed by atoms with E-state index < -0.39 is 23.6 Å². The van der Waals surface area contributed by atoms with Crippen molar-refractivity contribution in [1.82, 2.24) is 5.32 Å². The fourth-order valence-electron chi connectivity index (χ4n) is 1.43. The molecule has 0 aromatic carbocycles. The van der Waals surface area contributed by atoms with E-state index in [1.807, 2.05) is 0 Å². The lowest BCUT2D eigenvalue weighted by molar-refractivity contribution is -0.141. The number of amides is 1. The van der Waals surface area contributed by atoms with Crippen molar-refractivity contribution in [3.05, 3.63) is 23.7 Å². The van der Waals surface area contributed by atoms with Crippen molar-refractivity contribution in [3.8, 4) is 0 Å². The molecule has 5 nitrogen and oxygen atoms in total. The van der Waals surface area contributed by atoms with Gasteiger partial charge in [0.1, 0.15) is 5.76 Å². The van der Waals surface area contributed by atoms with Gasteiger partial charge in [0.05, 0.1) is 11.7 Å². The highest BCUT2D eigenvalue weighted by molar-refractivity contribution is 7.98. The number of nitrogens with one attached hydrogen (secondary N) is 1. The largest absolute Gasteiger partial charge is 0.481 e. The molecule has 1 aromatic rings. The second kappa shape index (κ2) is 7.88. The van der Waals surface area contributed by atoms with Crippen LogP contribution < -0.4 is 5.32 Å². The molecule has 2 N–H and O–H groups in total. The average Bonchev–Trinajstić information content (AvgIpc) is 2.85. The third-order valence-electron chi connectivity index (χ3n) is 2.59. The maximum absolute atomic E-state index is 12.0. The van der Waals surface area contributed by atoms with Gasteiger partial charge in [0, 0.05) is 6.54 Å². The number of furan rings is 1. The van der Waals surface area contributed by atoms with Crippen molar-refractivity contribution in [2.24, 2.45) is 5.92 Å². The van der Waals surface area contributed by atoms with E-state index in [-0.39, 0.29) is 23.8 Å². The molecule has 1 rings (SSSR count). The average molecular weight is 307 g/mol. The van der Waals surface area contributed by atoms with Crippen LogP contribution in [0.25, 0.3) is 0 Å². The summed E-state index contributed by atoms with van der Waals surface area (Å²) in [6.07, 6.45) is 0.393. The Kier molecular flexibility index (Phi) is 6.50. The van der Waals surface area contributed by atoms with E-state index in [9.17, 15) is 18.4 Å². The first-order valence-corrected chi connectivity index (χ1v) is 6.98. The van der Waals surface area contributed by atoms with Crippen LogP contribution in [0.4, 0.5) is 8.78 Å². The molecule has 1 unspecified atom stereocenters. The van der Waals surface area contributed by atoms with Crippen molar-refractivity contribution in [2.45, 2.75) is 24.9 Å². The molecule has 8 heteroatoms. The highest BCUT2D eigenvalue weighted by atomic mass is 32.2. The number of carbonyl (C=O) groups is 2. The van der Waals surface area contributed by atoms with Gasteiger partial charge in [-0.1, -0.05) is 18.7 Å². The van der Waals surface area contributed by atoms with Gasteiger partial charge in [-0.25, -0.2) is 0 Å². The first-order chi connectivity index (χ1) is 9.43. The number of thioether (sulfide) groups is 1. The predicted octanol–water partition coefficient (Wildman–Crippen LogP) is 2.58. The van der Waals surface area contributed by atoms with Gasteiger partial charge < -0.3 is 14.8 Å². The fraction of sp³-hybridized carbons (Fsp3) is 0.500. The summed E-state index contributed by atoms with van der Waals surface area (Å²) in [4.78, 5) is 22.5. The molecule has 0 aliphatic rings. The van der Waals surface area contributed by atoms with E-state index in [1.165, 1.54) is 12.1 Å². The van der Waals surface area contributed by atoms with Crippen molar-refractivity contribution in [2.75, 3.05) is 6.54 Å². The molecule has 0 radical (unpaired) electrons. The normalized spacial score (nSPS) is 12.4. The third kappa shape index (κ3) is 5.20. The lowest BCUT2D eigenvalue weighted by atomic mass is 10.1. The van der Waals surface area contributed by atoms with Crippen LogP contribution >= 0.6 is 11.8 Å². The molecule has 0 bridgehead atoms. The Labute approximate surface area is 118 Å². The van der Waals surface area contributed by atoms with Crippen LogP contribution in [0, 0.1) is 5.92 Å². The van der Waals surface area contributed by atoms with Crippen LogP contribution in [0.3, 0.4) is 0 Å². The number of carboxylic acids is 1. The number of rotatable bonds is 8. The summed E-state index contributed by atoms with van der Waals surface area (Å²) in [5.74, 6) is -4.49. The number of hydrogen-bond donors (Lipinski definition) is 2. The Balaban J connectivity index is 2.49. The number of hydrogen-bond acceptors (Lipinski definition) is 4. The highest BCUT2D eigenvalue weighted by Crippen LogP contribution is 2.21. The molecular formula is C12H15F2NO4S. The van der Waals surface area contributed by atoms with Gasteiger partial charge in [0.2, 0.25) is 0 Å². The summed E-state index contributed by atoms with van der Waals surface area (Å²) in [5.41, 5.74) is 0. The zero-order valence-electron chi connectivity index (χ0n) is 10.8. The fourth-order valence-corrected chi connectivity index (χ4v) is 1.88. The highest BCUT2D eigenvalue weighted by Gasteiger charge is 2.18. The maximum atomic E-state index is 12.0.